The van der Waals surface area contributed by atoms with Crippen LogP contribution in [0, 0.1) is 5.92 Å². The van der Waals surface area contributed by atoms with Crippen LogP contribution in [-0.4, -0.2) is 47.4 Å². The molecule has 1 aromatic carbocycles. The Balaban J connectivity index is 1.78. The molecule has 0 bridgehead atoms. The zero-order valence-corrected chi connectivity index (χ0v) is 12.1. The van der Waals surface area contributed by atoms with Crippen molar-refractivity contribution in [3.05, 3.63) is 34.3 Å². The van der Waals surface area contributed by atoms with Crippen molar-refractivity contribution in [1.29, 1.82) is 0 Å². The molecule has 7 heteroatoms. The molecule has 2 amide bonds. The number of halogens is 1. The Hall–Kier alpha value is -1.89. The van der Waals surface area contributed by atoms with E-state index in [0.717, 1.165) is 4.47 Å². The fourth-order valence-corrected chi connectivity index (χ4v) is 2.07. The summed E-state index contributed by atoms with van der Waals surface area (Å²) in [7, 11) is 0. The summed E-state index contributed by atoms with van der Waals surface area (Å²) in [6.45, 7) is 0.297. The lowest BCUT2D eigenvalue weighted by Crippen LogP contribution is -2.55. The van der Waals surface area contributed by atoms with E-state index in [1.165, 1.54) is 4.90 Å². The largest absolute Gasteiger partial charge is 0.481 e. The van der Waals surface area contributed by atoms with Gasteiger partial charge in [0.05, 0.1) is 12.5 Å². The SMILES string of the molecule is O=C(NCC(=O)N1CC(C(=O)O)C1)c1ccc(Br)cc1. The third kappa shape index (κ3) is 3.36. The van der Waals surface area contributed by atoms with Crippen LogP contribution >= 0.6 is 15.9 Å². The molecule has 0 spiro atoms. The lowest BCUT2D eigenvalue weighted by molar-refractivity contribution is -0.152. The number of hydrogen-bond donors (Lipinski definition) is 2. The Morgan fingerprint density at radius 1 is 1.25 bits per heavy atom. The Morgan fingerprint density at radius 2 is 1.85 bits per heavy atom. The van der Waals surface area contributed by atoms with Gasteiger partial charge >= 0.3 is 5.97 Å². The van der Waals surface area contributed by atoms with E-state index in [1.54, 1.807) is 24.3 Å². The van der Waals surface area contributed by atoms with Crippen LogP contribution in [0.3, 0.4) is 0 Å². The maximum atomic E-state index is 11.8. The number of benzene rings is 1. The standard InChI is InChI=1S/C13H13BrN2O4/c14-10-3-1-8(2-4-10)12(18)15-5-11(17)16-6-9(7-16)13(19)20/h1-4,9H,5-7H2,(H,15,18)(H,19,20). The Labute approximate surface area is 123 Å². The molecule has 0 saturated carbocycles. The molecular formula is C13H13BrN2O4. The number of carboxylic acids is 1. The molecule has 0 aromatic heterocycles. The number of rotatable bonds is 4. The van der Waals surface area contributed by atoms with E-state index < -0.39 is 11.9 Å². The van der Waals surface area contributed by atoms with Gasteiger partial charge in [-0.05, 0) is 24.3 Å². The number of hydrogen-bond acceptors (Lipinski definition) is 3. The van der Waals surface area contributed by atoms with E-state index in [-0.39, 0.29) is 31.4 Å². The Kier molecular flexibility index (Phi) is 4.39. The number of carbonyl (C=O) groups is 3. The van der Waals surface area contributed by atoms with Gasteiger partial charge in [-0.1, -0.05) is 15.9 Å². The van der Waals surface area contributed by atoms with Gasteiger partial charge in [0.2, 0.25) is 5.91 Å². The minimum atomic E-state index is -0.895. The molecule has 20 heavy (non-hydrogen) atoms. The highest BCUT2D eigenvalue weighted by Crippen LogP contribution is 2.15. The molecular weight excluding hydrogens is 328 g/mol. The molecule has 6 nitrogen and oxygen atoms in total. The summed E-state index contributed by atoms with van der Waals surface area (Å²) in [5, 5.41) is 11.2. The summed E-state index contributed by atoms with van der Waals surface area (Å²) in [5.41, 5.74) is 0.466. The molecule has 1 aliphatic rings. The van der Waals surface area contributed by atoms with Crippen LogP contribution in [0.4, 0.5) is 0 Å². The second-order valence-electron chi connectivity index (χ2n) is 4.52. The molecule has 1 fully saturated rings. The third-order valence-electron chi connectivity index (χ3n) is 3.09. The lowest BCUT2D eigenvalue weighted by atomic mass is 10.0. The van der Waals surface area contributed by atoms with Crippen LogP contribution in [-0.2, 0) is 9.59 Å². The van der Waals surface area contributed by atoms with Gasteiger partial charge in [-0.25, -0.2) is 0 Å². The lowest BCUT2D eigenvalue weighted by Gasteiger charge is -2.36. The molecule has 0 aliphatic carbocycles. The average molecular weight is 341 g/mol. The maximum absolute atomic E-state index is 11.8. The minimum Gasteiger partial charge on any atom is -0.481 e. The first-order valence-corrected chi connectivity index (χ1v) is 6.81. The second kappa shape index (κ2) is 6.04. The monoisotopic (exact) mass is 340 g/mol. The molecule has 0 unspecified atom stereocenters. The number of amides is 2. The average Bonchev–Trinajstić information content (AvgIpc) is 2.34. The molecule has 1 aliphatic heterocycles. The van der Waals surface area contributed by atoms with E-state index in [9.17, 15) is 14.4 Å². The summed E-state index contributed by atoms with van der Waals surface area (Å²) in [6, 6.07) is 6.77. The highest BCUT2D eigenvalue weighted by atomic mass is 79.9. The fourth-order valence-electron chi connectivity index (χ4n) is 1.81. The molecule has 2 N–H and O–H groups in total. The predicted molar refractivity (Wildman–Crippen MR) is 74.2 cm³/mol. The van der Waals surface area contributed by atoms with Crippen LogP contribution in [0.25, 0.3) is 0 Å². The van der Waals surface area contributed by atoms with Crippen LogP contribution in [0.2, 0.25) is 0 Å². The summed E-state index contributed by atoms with van der Waals surface area (Å²) >= 11 is 3.27. The van der Waals surface area contributed by atoms with Gasteiger partial charge in [-0.3, -0.25) is 14.4 Å². The van der Waals surface area contributed by atoms with Crippen molar-refractivity contribution in [3.63, 3.8) is 0 Å². The smallest absolute Gasteiger partial charge is 0.310 e. The van der Waals surface area contributed by atoms with Crippen LogP contribution in [0.1, 0.15) is 10.4 Å². The Morgan fingerprint density at radius 3 is 2.40 bits per heavy atom. The van der Waals surface area contributed by atoms with Gasteiger partial charge in [-0.2, -0.15) is 0 Å². The summed E-state index contributed by atoms with van der Waals surface area (Å²) in [5.74, 6) is -1.98. The molecule has 1 heterocycles. The summed E-state index contributed by atoms with van der Waals surface area (Å²) in [4.78, 5) is 35.5. The number of likely N-dealkylation sites (tertiary alicyclic amines) is 1. The minimum absolute atomic E-state index is 0.124. The van der Waals surface area contributed by atoms with E-state index in [4.69, 9.17) is 5.11 Å². The van der Waals surface area contributed by atoms with Gasteiger partial charge in [0.25, 0.3) is 5.91 Å². The molecule has 1 saturated heterocycles. The predicted octanol–water partition coefficient (Wildman–Crippen LogP) is 0.722. The highest BCUT2D eigenvalue weighted by Gasteiger charge is 2.35. The van der Waals surface area contributed by atoms with Crippen molar-refractivity contribution in [2.75, 3.05) is 19.6 Å². The van der Waals surface area contributed by atoms with Crippen molar-refractivity contribution in [2.24, 2.45) is 5.92 Å². The Bertz CT molecular complexity index is 538. The van der Waals surface area contributed by atoms with Gasteiger partial charge in [-0.15, -0.1) is 0 Å². The molecule has 0 atom stereocenters. The van der Waals surface area contributed by atoms with E-state index >= 15 is 0 Å². The summed E-state index contributed by atoms with van der Waals surface area (Å²) < 4.78 is 0.866. The topological polar surface area (TPSA) is 86.7 Å². The van der Waals surface area contributed by atoms with Crippen molar-refractivity contribution in [3.8, 4) is 0 Å². The van der Waals surface area contributed by atoms with Gasteiger partial charge in [0, 0.05) is 23.1 Å². The van der Waals surface area contributed by atoms with Crippen LogP contribution < -0.4 is 5.32 Å². The van der Waals surface area contributed by atoms with E-state index in [0.29, 0.717) is 5.56 Å². The molecule has 106 valence electrons. The number of carboxylic acid groups (broad SMARTS) is 1. The number of carbonyl (C=O) groups excluding carboxylic acids is 2. The number of nitrogens with one attached hydrogen (secondary N) is 1. The van der Waals surface area contributed by atoms with Crippen molar-refractivity contribution in [2.45, 2.75) is 0 Å². The van der Waals surface area contributed by atoms with E-state index in [2.05, 4.69) is 21.2 Å². The van der Waals surface area contributed by atoms with Crippen molar-refractivity contribution in [1.82, 2.24) is 10.2 Å². The third-order valence-corrected chi connectivity index (χ3v) is 3.62. The number of nitrogens with zero attached hydrogens (tertiary/aromatic N) is 1. The van der Waals surface area contributed by atoms with Crippen LogP contribution in [0.5, 0.6) is 0 Å². The quantitative estimate of drug-likeness (QED) is 0.845. The zero-order chi connectivity index (χ0) is 14.7. The van der Waals surface area contributed by atoms with Crippen molar-refractivity contribution < 1.29 is 19.5 Å². The first-order valence-electron chi connectivity index (χ1n) is 6.01. The van der Waals surface area contributed by atoms with Crippen molar-refractivity contribution >= 4 is 33.7 Å². The fraction of sp³-hybridized carbons (Fsp3) is 0.308. The van der Waals surface area contributed by atoms with Gasteiger partial charge in [0.1, 0.15) is 0 Å². The highest BCUT2D eigenvalue weighted by molar-refractivity contribution is 9.10. The molecule has 0 radical (unpaired) electrons. The second-order valence-corrected chi connectivity index (χ2v) is 5.44. The normalized spacial score (nSPS) is 14.6. The zero-order valence-electron chi connectivity index (χ0n) is 10.5. The molecule has 1 aromatic rings. The number of aliphatic carboxylic acids is 1. The van der Waals surface area contributed by atoms with Gasteiger partial charge < -0.3 is 15.3 Å². The van der Waals surface area contributed by atoms with Gasteiger partial charge in [0.15, 0.2) is 0 Å². The van der Waals surface area contributed by atoms with Crippen LogP contribution in [0.15, 0.2) is 28.7 Å². The summed E-state index contributed by atoms with van der Waals surface area (Å²) in [6.07, 6.45) is 0. The first-order chi connectivity index (χ1) is 9.47. The maximum Gasteiger partial charge on any atom is 0.310 e. The molecule has 2 rings (SSSR count). The first kappa shape index (κ1) is 14.5. The van der Waals surface area contributed by atoms with E-state index in [1.807, 2.05) is 0 Å².